The Morgan fingerprint density at radius 2 is 1.90 bits per heavy atom. The van der Waals surface area contributed by atoms with Crippen LogP contribution in [0.3, 0.4) is 0 Å². The Kier molecular flexibility index (Phi) is 5.75. The molecule has 0 radical (unpaired) electrons. The van der Waals surface area contributed by atoms with Gasteiger partial charge in [-0.1, -0.05) is 13.0 Å². The maximum atomic E-state index is 13.1. The minimum atomic E-state index is -3.75. The number of sulfonamides is 1. The van der Waals surface area contributed by atoms with E-state index in [1.54, 1.807) is 18.5 Å². The molecule has 2 aromatic rings. The summed E-state index contributed by atoms with van der Waals surface area (Å²) in [6.07, 6.45) is 6.87. The van der Waals surface area contributed by atoms with Crippen molar-refractivity contribution in [1.82, 2.24) is 9.29 Å². The van der Waals surface area contributed by atoms with E-state index >= 15 is 0 Å². The molecule has 9 heteroatoms. The van der Waals surface area contributed by atoms with Gasteiger partial charge in [-0.3, -0.25) is 15.1 Å². The van der Waals surface area contributed by atoms with Crippen LogP contribution >= 0.6 is 0 Å². The van der Waals surface area contributed by atoms with E-state index < -0.39 is 14.9 Å². The third kappa shape index (κ3) is 3.91. The highest BCUT2D eigenvalue weighted by atomic mass is 32.2. The van der Waals surface area contributed by atoms with E-state index in [9.17, 15) is 18.5 Å². The molecule has 0 aliphatic carbocycles. The van der Waals surface area contributed by atoms with Gasteiger partial charge >= 0.3 is 0 Å². The maximum absolute atomic E-state index is 13.1. The first kappa shape index (κ1) is 20.7. The Morgan fingerprint density at radius 3 is 2.57 bits per heavy atom. The number of pyridine rings is 1. The van der Waals surface area contributed by atoms with Gasteiger partial charge in [0.1, 0.15) is 5.69 Å². The number of piperidine rings is 1. The van der Waals surface area contributed by atoms with Gasteiger partial charge in [-0.05, 0) is 55.4 Å². The van der Waals surface area contributed by atoms with Crippen LogP contribution in [-0.2, 0) is 10.0 Å². The number of aromatic nitrogens is 1. The van der Waals surface area contributed by atoms with Crippen molar-refractivity contribution < 1.29 is 13.3 Å². The second kappa shape index (κ2) is 8.31. The molecule has 1 unspecified atom stereocenters. The lowest BCUT2D eigenvalue weighted by Crippen LogP contribution is -2.37. The second-order valence-corrected chi connectivity index (χ2v) is 10.1. The molecule has 2 fully saturated rings. The van der Waals surface area contributed by atoms with Gasteiger partial charge < -0.3 is 4.90 Å². The van der Waals surface area contributed by atoms with Gasteiger partial charge in [0.2, 0.25) is 10.0 Å². The van der Waals surface area contributed by atoms with Gasteiger partial charge in [0.05, 0.1) is 15.9 Å². The summed E-state index contributed by atoms with van der Waals surface area (Å²) in [5.74, 6) is 0.493. The first-order valence-electron chi connectivity index (χ1n) is 10.3. The highest BCUT2D eigenvalue weighted by Crippen LogP contribution is 2.41. The number of nitro groups is 1. The number of benzene rings is 1. The fourth-order valence-corrected chi connectivity index (χ4v) is 5.89. The summed E-state index contributed by atoms with van der Waals surface area (Å²) in [5.41, 5.74) is 1.29. The summed E-state index contributed by atoms with van der Waals surface area (Å²) >= 11 is 0. The van der Waals surface area contributed by atoms with Gasteiger partial charge in [-0.15, -0.1) is 0 Å². The van der Waals surface area contributed by atoms with Gasteiger partial charge in [-0.2, -0.15) is 4.31 Å². The van der Waals surface area contributed by atoms with Crippen LogP contribution in [-0.4, -0.2) is 42.3 Å². The van der Waals surface area contributed by atoms with Crippen molar-refractivity contribution in [3.8, 4) is 0 Å². The zero-order valence-electron chi connectivity index (χ0n) is 17.0. The largest absolute Gasteiger partial charge is 0.359 e. The van der Waals surface area contributed by atoms with Crippen LogP contribution in [0.1, 0.15) is 44.2 Å². The summed E-state index contributed by atoms with van der Waals surface area (Å²) < 4.78 is 27.6. The van der Waals surface area contributed by atoms with Crippen molar-refractivity contribution in [3.63, 3.8) is 0 Å². The van der Waals surface area contributed by atoms with E-state index in [2.05, 4.69) is 11.9 Å². The number of nitro benzene ring substituents is 1. The molecule has 4 rings (SSSR count). The van der Waals surface area contributed by atoms with E-state index in [-0.39, 0.29) is 16.6 Å². The summed E-state index contributed by atoms with van der Waals surface area (Å²) in [6.45, 7) is 3.69. The van der Waals surface area contributed by atoms with Crippen molar-refractivity contribution in [2.24, 2.45) is 5.92 Å². The Hall–Kier alpha value is -2.52. The fraction of sp³-hybridized carbons (Fsp3) is 0.476. The quantitative estimate of drug-likeness (QED) is 0.529. The smallest absolute Gasteiger partial charge is 0.293 e. The van der Waals surface area contributed by atoms with Gasteiger partial charge in [0.15, 0.2) is 0 Å². The number of rotatable bonds is 5. The molecular formula is C21H26N4O4S. The van der Waals surface area contributed by atoms with Gasteiger partial charge in [0, 0.05) is 38.1 Å². The minimum Gasteiger partial charge on any atom is -0.359 e. The second-order valence-electron chi connectivity index (χ2n) is 8.13. The number of hydrogen-bond donors (Lipinski definition) is 0. The molecule has 3 heterocycles. The van der Waals surface area contributed by atoms with E-state index in [0.29, 0.717) is 31.2 Å². The predicted molar refractivity (Wildman–Crippen MR) is 114 cm³/mol. The average Bonchev–Trinajstić information content (AvgIpc) is 3.24. The molecule has 1 aromatic carbocycles. The standard InChI is InChI=1S/C21H26N4O4S/c1-16-8-12-23(13-9-16)30(28,29)18-6-7-20(21(14-18)25(26)27)24-11-3-5-19(24)17-4-2-10-22-15-17/h2,4,6-7,10,14-16,19H,3,5,8-9,11-13H2,1H3. The molecule has 2 aliphatic rings. The Morgan fingerprint density at radius 1 is 1.13 bits per heavy atom. The molecule has 30 heavy (non-hydrogen) atoms. The zero-order chi connectivity index (χ0) is 21.3. The van der Waals surface area contributed by atoms with Crippen LogP contribution in [0.5, 0.6) is 0 Å². The average molecular weight is 431 g/mol. The summed E-state index contributed by atoms with van der Waals surface area (Å²) in [7, 11) is -3.75. The molecule has 160 valence electrons. The lowest BCUT2D eigenvalue weighted by Gasteiger charge is -2.30. The fourth-order valence-electron chi connectivity index (χ4n) is 4.40. The third-order valence-electron chi connectivity index (χ3n) is 6.16. The zero-order valence-corrected chi connectivity index (χ0v) is 17.8. The van der Waals surface area contributed by atoms with E-state index in [0.717, 1.165) is 31.2 Å². The van der Waals surface area contributed by atoms with Crippen molar-refractivity contribution in [1.29, 1.82) is 0 Å². The molecule has 8 nitrogen and oxygen atoms in total. The summed E-state index contributed by atoms with van der Waals surface area (Å²) in [6, 6.07) is 8.14. The monoisotopic (exact) mass is 430 g/mol. The molecule has 0 spiro atoms. The first-order valence-corrected chi connectivity index (χ1v) is 11.8. The van der Waals surface area contributed by atoms with Gasteiger partial charge in [0.25, 0.3) is 5.69 Å². The highest BCUT2D eigenvalue weighted by molar-refractivity contribution is 7.89. The minimum absolute atomic E-state index is 0.00960. The molecule has 2 aliphatic heterocycles. The predicted octanol–water partition coefficient (Wildman–Crippen LogP) is 3.75. The van der Waals surface area contributed by atoms with Gasteiger partial charge in [-0.25, -0.2) is 8.42 Å². The molecule has 0 N–H and O–H groups in total. The van der Waals surface area contributed by atoms with Crippen molar-refractivity contribution in [2.45, 2.75) is 43.5 Å². The SMILES string of the molecule is CC1CCN(S(=O)(=O)c2ccc(N3CCCC3c3cccnc3)c([N+](=O)[O-])c2)CC1. The number of hydrogen-bond acceptors (Lipinski definition) is 6. The van der Waals surface area contributed by atoms with Crippen molar-refractivity contribution >= 4 is 21.4 Å². The lowest BCUT2D eigenvalue weighted by molar-refractivity contribution is -0.384. The molecule has 0 amide bonds. The molecule has 1 atom stereocenters. The lowest BCUT2D eigenvalue weighted by atomic mass is 10.0. The Balaban J connectivity index is 1.68. The maximum Gasteiger partial charge on any atom is 0.293 e. The van der Waals surface area contributed by atoms with E-state index in [1.165, 1.54) is 16.4 Å². The van der Waals surface area contributed by atoms with Crippen LogP contribution in [0.25, 0.3) is 0 Å². The normalized spacial score (nSPS) is 21.1. The molecule has 1 aromatic heterocycles. The van der Waals surface area contributed by atoms with Crippen LogP contribution < -0.4 is 4.90 Å². The molecular weight excluding hydrogens is 404 g/mol. The van der Waals surface area contributed by atoms with Crippen LogP contribution in [0.2, 0.25) is 0 Å². The van der Waals surface area contributed by atoms with Crippen LogP contribution in [0, 0.1) is 16.0 Å². The van der Waals surface area contributed by atoms with Crippen molar-refractivity contribution in [2.75, 3.05) is 24.5 Å². The topological polar surface area (TPSA) is 96.7 Å². The first-order chi connectivity index (χ1) is 14.4. The summed E-state index contributed by atoms with van der Waals surface area (Å²) in [4.78, 5) is 17.6. The number of nitrogens with zero attached hydrogens (tertiary/aromatic N) is 4. The Bertz CT molecular complexity index is 1020. The highest BCUT2D eigenvalue weighted by Gasteiger charge is 2.34. The third-order valence-corrected chi connectivity index (χ3v) is 8.05. The summed E-state index contributed by atoms with van der Waals surface area (Å²) in [5, 5.41) is 11.9. The van der Waals surface area contributed by atoms with E-state index in [4.69, 9.17) is 0 Å². The molecule has 0 saturated carbocycles. The molecule has 2 saturated heterocycles. The van der Waals surface area contributed by atoms with Crippen LogP contribution in [0.4, 0.5) is 11.4 Å². The van der Waals surface area contributed by atoms with Crippen molar-refractivity contribution in [3.05, 3.63) is 58.4 Å². The number of anilines is 1. The van der Waals surface area contributed by atoms with Crippen LogP contribution in [0.15, 0.2) is 47.6 Å². The Labute approximate surface area is 176 Å². The molecule has 0 bridgehead atoms. The van der Waals surface area contributed by atoms with E-state index in [1.807, 2.05) is 17.0 Å².